The molecule has 1 heterocycles. The summed E-state index contributed by atoms with van der Waals surface area (Å²) in [5.74, 6) is -0.774. The molecule has 1 amide bonds. The minimum absolute atomic E-state index is 0.0797. The zero-order chi connectivity index (χ0) is 15.2. The summed E-state index contributed by atoms with van der Waals surface area (Å²) in [6.45, 7) is 0.455. The fourth-order valence-electron chi connectivity index (χ4n) is 1.80. The summed E-state index contributed by atoms with van der Waals surface area (Å²) < 4.78 is 18.6. The number of ether oxygens (including phenoxy) is 1. The van der Waals surface area contributed by atoms with Gasteiger partial charge in [0.05, 0.1) is 12.2 Å². The molecule has 1 aromatic carbocycles. The van der Waals surface area contributed by atoms with Crippen LogP contribution in [0.4, 0.5) is 4.39 Å². The second kappa shape index (κ2) is 7.15. The number of pyridine rings is 1. The third kappa shape index (κ3) is 4.24. The second-order valence-corrected chi connectivity index (χ2v) is 4.87. The van der Waals surface area contributed by atoms with Crippen molar-refractivity contribution in [2.75, 3.05) is 7.11 Å². The zero-order valence-electron chi connectivity index (χ0n) is 11.4. The van der Waals surface area contributed by atoms with E-state index in [0.29, 0.717) is 22.8 Å². The Bertz CT molecular complexity index is 649. The first-order chi connectivity index (χ1) is 10.1. The van der Waals surface area contributed by atoms with Crippen LogP contribution in [0.1, 0.15) is 21.5 Å². The van der Waals surface area contributed by atoms with Crippen LogP contribution in [0.3, 0.4) is 0 Å². The molecule has 21 heavy (non-hydrogen) atoms. The fraction of sp³-hybridized carbons (Fsp3) is 0.200. The van der Waals surface area contributed by atoms with Gasteiger partial charge in [-0.25, -0.2) is 4.39 Å². The number of methoxy groups -OCH3 is 1. The molecule has 1 N–H and O–H groups in total. The molecular formula is C15H14ClFN2O2. The van der Waals surface area contributed by atoms with E-state index in [0.717, 1.165) is 5.56 Å². The molecule has 0 aliphatic heterocycles. The lowest BCUT2D eigenvalue weighted by Gasteiger charge is -2.07. The minimum atomic E-state index is -0.450. The first kappa shape index (κ1) is 15.4. The smallest absolute Gasteiger partial charge is 0.253 e. The van der Waals surface area contributed by atoms with Crippen LogP contribution in [-0.2, 0) is 17.9 Å². The van der Waals surface area contributed by atoms with Crippen molar-refractivity contribution in [2.24, 2.45) is 0 Å². The maximum Gasteiger partial charge on any atom is 0.253 e. The van der Waals surface area contributed by atoms with E-state index in [1.54, 1.807) is 25.4 Å². The Morgan fingerprint density at radius 1 is 1.38 bits per heavy atom. The van der Waals surface area contributed by atoms with E-state index >= 15 is 0 Å². The summed E-state index contributed by atoms with van der Waals surface area (Å²) in [6, 6.07) is 6.01. The van der Waals surface area contributed by atoms with Crippen LogP contribution in [0.25, 0.3) is 0 Å². The van der Waals surface area contributed by atoms with Crippen LogP contribution >= 0.6 is 11.6 Å². The Morgan fingerprint density at radius 3 is 2.90 bits per heavy atom. The van der Waals surface area contributed by atoms with Crippen molar-refractivity contribution in [1.82, 2.24) is 10.3 Å². The molecule has 0 aliphatic rings. The SMILES string of the molecule is COCc1cncc(C(=O)NCc2ccc(Cl)cc2F)c1. The normalized spacial score (nSPS) is 10.4. The standard InChI is InChI=1S/C15H14ClFN2O2/c1-21-9-10-4-12(7-18-6-10)15(20)19-8-11-2-3-13(16)5-14(11)17/h2-7H,8-9H2,1H3,(H,19,20). The summed E-state index contributed by atoms with van der Waals surface area (Å²) in [5.41, 5.74) is 1.57. The molecule has 2 rings (SSSR count). The average molecular weight is 309 g/mol. The van der Waals surface area contributed by atoms with Crippen molar-refractivity contribution in [3.05, 3.63) is 64.2 Å². The molecule has 0 saturated heterocycles. The maximum absolute atomic E-state index is 13.6. The van der Waals surface area contributed by atoms with Gasteiger partial charge in [-0.2, -0.15) is 0 Å². The highest BCUT2D eigenvalue weighted by molar-refractivity contribution is 6.30. The molecule has 0 aliphatic carbocycles. The Hall–Kier alpha value is -1.98. The van der Waals surface area contributed by atoms with Gasteiger partial charge in [-0.1, -0.05) is 17.7 Å². The van der Waals surface area contributed by atoms with Gasteiger partial charge in [0, 0.05) is 36.6 Å². The molecular weight excluding hydrogens is 295 g/mol. The Morgan fingerprint density at radius 2 is 2.19 bits per heavy atom. The molecule has 110 valence electrons. The van der Waals surface area contributed by atoms with E-state index in [1.165, 1.54) is 18.3 Å². The molecule has 0 unspecified atom stereocenters. The third-order valence-corrected chi connectivity index (χ3v) is 3.06. The van der Waals surface area contributed by atoms with Gasteiger partial charge in [-0.3, -0.25) is 9.78 Å². The maximum atomic E-state index is 13.6. The van der Waals surface area contributed by atoms with Crippen LogP contribution in [-0.4, -0.2) is 18.0 Å². The number of aromatic nitrogens is 1. The molecule has 0 radical (unpaired) electrons. The number of nitrogens with one attached hydrogen (secondary N) is 1. The van der Waals surface area contributed by atoms with Gasteiger partial charge in [0.15, 0.2) is 0 Å². The van der Waals surface area contributed by atoms with Crippen LogP contribution in [0.2, 0.25) is 5.02 Å². The van der Waals surface area contributed by atoms with Gasteiger partial charge >= 0.3 is 0 Å². The number of carbonyl (C=O) groups is 1. The first-order valence-corrected chi connectivity index (χ1v) is 6.63. The lowest BCUT2D eigenvalue weighted by atomic mass is 10.2. The summed E-state index contributed by atoms with van der Waals surface area (Å²) >= 11 is 5.68. The molecule has 0 atom stereocenters. The van der Waals surface area contributed by atoms with E-state index in [1.807, 2.05) is 0 Å². The van der Waals surface area contributed by atoms with Gasteiger partial charge in [0.2, 0.25) is 0 Å². The zero-order valence-corrected chi connectivity index (χ0v) is 12.2. The predicted octanol–water partition coefficient (Wildman–Crippen LogP) is 2.95. The predicted molar refractivity (Wildman–Crippen MR) is 77.5 cm³/mol. The van der Waals surface area contributed by atoms with Crippen molar-refractivity contribution >= 4 is 17.5 Å². The number of hydrogen-bond donors (Lipinski definition) is 1. The molecule has 6 heteroatoms. The van der Waals surface area contributed by atoms with E-state index in [9.17, 15) is 9.18 Å². The van der Waals surface area contributed by atoms with E-state index in [2.05, 4.69) is 10.3 Å². The topological polar surface area (TPSA) is 51.2 Å². The molecule has 2 aromatic rings. The lowest BCUT2D eigenvalue weighted by molar-refractivity contribution is 0.0950. The molecule has 0 bridgehead atoms. The number of nitrogens with zero attached hydrogens (tertiary/aromatic N) is 1. The monoisotopic (exact) mass is 308 g/mol. The van der Waals surface area contributed by atoms with Gasteiger partial charge in [-0.15, -0.1) is 0 Å². The van der Waals surface area contributed by atoms with Crippen LogP contribution in [0.5, 0.6) is 0 Å². The van der Waals surface area contributed by atoms with E-state index in [4.69, 9.17) is 16.3 Å². The Kier molecular flexibility index (Phi) is 5.25. The molecule has 0 fully saturated rings. The Balaban J connectivity index is 2.02. The number of rotatable bonds is 5. The summed E-state index contributed by atoms with van der Waals surface area (Å²) in [6.07, 6.45) is 3.08. The first-order valence-electron chi connectivity index (χ1n) is 6.25. The molecule has 4 nitrogen and oxygen atoms in total. The average Bonchev–Trinajstić information content (AvgIpc) is 2.47. The lowest BCUT2D eigenvalue weighted by Crippen LogP contribution is -2.23. The molecule has 1 aromatic heterocycles. The minimum Gasteiger partial charge on any atom is -0.380 e. The van der Waals surface area contributed by atoms with Crippen molar-refractivity contribution in [3.8, 4) is 0 Å². The van der Waals surface area contributed by atoms with Crippen molar-refractivity contribution in [3.63, 3.8) is 0 Å². The highest BCUT2D eigenvalue weighted by Gasteiger charge is 2.09. The van der Waals surface area contributed by atoms with Gasteiger partial charge < -0.3 is 10.1 Å². The second-order valence-electron chi connectivity index (χ2n) is 4.43. The number of amides is 1. The summed E-state index contributed by atoms with van der Waals surface area (Å²) in [4.78, 5) is 16.0. The number of halogens is 2. The van der Waals surface area contributed by atoms with Crippen LogP contribution in [0.15, 0.2) is 36.7 Å². The quantitative estimate of drug-likeness (QED) is 0.924. The highest BCUT2D eigenvalue weighted by atomic mass is 35.5. The van der Waals surface area contributed by atoms with Gasteiger partial charge in [0.1, 0.15) is 5.82 Å². The van der Waals surface area contributed by atoms with Crippen molar-refractivity contribution in [1.29, 1.82) is 0 Å². The summed E-state index contributed by atoms with van der Waals surface area (Å²) in [7, 11) is 1.57. The van der Waals surface area contributed by atoms with Crippen LogP contribution in [0, 0.1) is 5.82 Å². The number of hydrogen-bond acceptors (Lipinski definition) is 3. The fourth-order valence-corrected chi connectivity index (χ4v) is 1.96. The third-order valence-electron chi connectivity index (χ3n) is 2.82. The van der Waals surface area contributed by atoms with Gasteiger partial charge in [-0.05, 0) is 23.8 Å². The molecule has 0 saturated carbocycles. The van der Waals surface area contributed by atoms with E-state index in [-0.39, 0.29) is 12.5 Å². The number of benzene rings is 1. The Labute approximate surface area is 126 Å². The molecule has 0 spiro atoms. The van der Waals surface area contributed by atoms with Crippen molar-refractivity contribution < 1.29 is 13.9 Å². The van der Waals surface area contributed by atoms with Gasteiger partial charge in [0.25, 0.3) is 5.91 Å². The number of carbonyl (C=O) groups excluding carboxylic acids is 1. The van der Waals surface area contributed by atoms with Crippen molar-refractivity contribution in [2.45, 2.75) is 13.2 Å². The van der Waals surface area contributed by atoms with E-state index < -0.39 is 5.82 Å². The highest BCUT2D eigenvalue weighted by Crippen LogP contribution is 2.14. The van der Waals surface area contributed by atoms with Crippen LogP contribution < -0.4 is 5.32 Å². The summed E-state index contributed by atoms with van der Waals surface area (Å²) in [5, 5.41) is 2.96. The largest absolute Gasteiger partial charge is 0.380 e.